The van der Waals surface area contributed by atoms with Crippen molar-refractivity contribution < 1.29 is 4.79 Å². The Bertz CT molecular complexity index is 134. The van der Waals surface area contributed by atoms with Crippen LogP contribution in [0.2, 0.25) is 0 Å². The van der Waals surface area contributed by atoms with Crippen LogP contribution in [0.15, 0.2) is 11.1 Å². The molecule has 0 radical (unpaired) electrons. The van der Waals surface area contributed by atoms with Gasteiger partial charge >= 0.3 is 0 Å². The Morgan fingerprint density at radius 2 is 2.00 bits per heavy atom. The highest BCUT2D eigenvalue weighted by Gasteiger charge is 1.96. The van der Waals surface area contributed by atoms with Gasteiger partial charge in [0.1, 0.15) is 6.29 Å². The predicted octanol–water partition coefficient (Wildman–Crippen LogP) is 2.71. The van der Waals surface area contributed by atoms with Crippen LogP contribution in [-0.2, 0) is 4.79 Å². The van der Waals surface area contributed by atoms with Gasteiger partial charge in [-0.25, -0.2) is 0 Å². The summed E-state index contributed by atoms with van der Waals surface area (Å²) in [6, 6.07) is 0. The fourth-order valence-electron chi connectivity index (χ4n) is 0.869. The minimum Gasteiger partial charge on any atom is -0.298 e. The monoisotopic (exact) mass is 140 g/mol. The summed E-state index contributed by atoms with van der Waals surface area (Å²) in [5.74, 6) is 0. The van der Waals surface area contributed by atoms with E-state index in [0.717, 1.165) is 31.1 Å². The van der Waals surface area contributed by atoms with E-state index in [1.165, 1.54) is 5.57 Å². The van der Waals surface area contributed by atoms with E-state index >= 15 is 0 Å². The van der Waals surface area contributed by atoms with Crippen LogP contribution in [0.1, 0.15) is 40.0 Å². The summed E-state index contributed by atoms with van der Waals surface area (Å²) < 4.78 is 0. The number of hydrogen-bond donors (Lipinski definition) is 0. The lowest BCUT2D eigenvalue weighted by molar-refractivity contribution is -0.105. The second-order valence-corrected chi connectivity index (χ2v) is 2.53. The van der Waals surface area contributed by atoms with Crippen LogP contribution >= 0.6 is 0 Å². The van der Waals surface area contributed by atoms with Crippen molar-refractivity contribution in [2.75, 3.05) is 0 Å². The van der Waals surface area contributed by atoms with Gasteiger partial charge in [-0.15, -0.1) is 0 Å². The lowest BCUT2D eigenvalue weighted by Gasteiger charge is -2.00. The van der Waals surface area contributed by atoms with E-state index in [4.69, 9.17) is 0 Å². The van der Waals surface area contributed by atoms with Gasteiger partial charge in [-0.3, -0.25) is 4.79 Å². The third kappa shape index (κ3) is 2.81. The summed E-state index contributed by atoms with van der Waals surface area (Å²) >= 11 is 0. The fourth-order valence-corrected chi connectivity index (χ4v) is 0.869. The predicted molar refractivity (Wildman–Crippen MR) is 44.0 cm³/mol. The van der Waals surface area contributed by atoms with Gasteiger partial charge in [-0.1, -0.05) is 25.8 Å². The Labute approximate surface area is 63.1 Å². The van der Waals surface area contributed by atoms with E-state index in [-0.39, 0.29) is 0 Å². The molecule has 0 bridgehead atoms. The average molecular weight is 140 g/mol. The highest BCUT2D eigenvalue weighted by atomic mass is 16.1. The average Bonchev–Trinajstić information content (AvgIpc) is 1.99. The maximum Gasteiger partial charge on any atom is 0.145 e. The van der Waals surface area contributed by atoms with Gasteiger partial charge in [0, 0.05) is 0 Å². The van der Waals surface area contributed by atoms with Crippen LogP contribution in [0.5, 0.6) is 0 Å². The molecule has 0 heterocycles. The molecule has 0 fully saturated rings. The molecule has 0 saturated carbocycles. The number of hydrogen-bond acceptors (Lipinski definition) is 1. The molecule has 0 aliphatic heterocycles. The third-order valence-electron chi connectivity index (χ3n) is 1.74. The first kappa shape index (κ1) is 9.41. The number of rotatable bonds is 4. The minimum absolute atomic E-state index is 0.934. The van der Waals surface area contributed by atoms with Gasteiger partial charge in [0.15, 0.2) is 0 Å². The lowest BCUT2D eigenvalue weighted by atomic mass is 10.0. The number of carbonyl (C=O) groups excluding carboxylic acids is 1. The van der Waals surface area contributed by atoms with E-state index in [2.05, 4.69) is 13.8 Å². The van der Waals surface area contributed by atoms with E-state index < -0.39 is 0 Å². The zero-order valence-electron chi connectivity index (χ0n) is 7.11. The topological polar surface area (TPSA) is 17.1 Å². The standard InChI is InChI=1S/C9H16O/c1-4-6-9(7-10)8(3)5-2/h7H,4-6H2,1-3H3/b9-8+. The van der Waals surface area contributed by atoms with Crippen molar-refractivity contribution >= 4 is 6.29 Å². The van der Waals surface area contributed by atoms with Gasteiger partial charge in [-0.05, 0) is 25.3 Å². The van der Waals surface area contributed by atoms with Crippen LogP contribution < -0.4 is 0 Å². The van der Waals surface area contributed by atoms with Crippen LogP contribution in [0.4, 0.5) is 0 Å². The summed E-state index contributed by atoms with van der Waals surface area (Å²) in [5.41, 5.74) is 2.22. The molecule has 0 aromatic rings. The zero-order chi connectivity index (χ0) is 7.98. The molecule has 10 heavy (non-hydrogen) atoms. The largest absolute Gasteiger partial charge is 0.298 e. The van der Waals surface area contributed by atoms with E-state index in [1.807, 2.05) is 6.92 Å². The van der Waals surface area contributed by atoms with E-state index in [0.29, 0.717) is 0 Å². The van der Waals surface area contributed by atoms with Crippen LogP contribution in [0.25, 0.3) is 0 Å². The molecule has 1 nitrogen and oxygen atoms in total. The molecule has 1 heteroatoms. The molecule has 0 unspecified atom stereocenters. The van der Waals surface area contributed by atoms with Crippen molar-refractivity contribution in [3.8, 4) is 0 Å². The van der Waals surface area contributed by atoms with E-state index in [9.17, 15) is 4.79 Å². The van der Waals surface area contributed by atoms with Crippen molar-refractivity contribution in [3.63, 3.8) is 0 Å². The van der Waals surface area contributed by atoms with Crippen LogP contribution in [0, 0.1) is 0 Å². The Morgan fingerprint density at radius 3 is 2.30 bits per heavy atom. The SMILES string of the molecule is CCC/C(C=O)=C(/C)CC. The summed E-state index contributed by atoms with van der Waals surface area (Å²) in [6.45, 7) is 6.19. The second-order valence-electron chi connectivity index (χ2n) is 2.53. The number of allylic oxidation sites excluding steroid dienone is 2. The highest BCUT2D eigenvalue weighted by Crippen LogP contribution is 2.10. The van der Waals surface area contributed by atoms with Crippen molar-refractivity contribution in [1.82, 2.24) is 0 Å². The number of carbonyl (C=O) groups is 1. The maximum absolute atomic E-state index is 10.4. The maximum atomic E-state index is 10.4. The molecule has 0 amide bonds. The zero-order valence-corrected chi connectivity index (χ0v) is 7.11. The van der Waals surface area contributed by atoms with Gasteiger partial charge in [0.25, 0.3) is 0 Å². The first-order chi connectivity index (χ1) is 4.76. The van der Waals surface area contributed by atoms with Gasteiger partial charge in [0.2, 0.25) is 0 Å². The Kier molecular flexibility index (Phi) is 4.91. The quantitative estimate of drug-likeness (QED) is 0.433. The Hall–Kier alpha value is -0.590. The number of aldehydes is 1. The smallest absolute Gasteiger partial charge is 0.145 e. The summed E-state index contributed by atoms with van der Waals surface area (Å²) in [6.07, 6.45) is 3.98. The first-order valence-electron chi connectivity index (χ1n) is 3.90. The van der Waals surface area contributed by atoms with Crippen molar-refractivity contribution in [3.05, 3.63) is 11.1 Å². The van der Waals surface area contributed by atoms with E-state index in [1.54, 1.807) is 0 Å². The molecule has 0 N–H and O–H groups in total. The molecule has 0 spiro atoms. The molecule has 0 aromatic carbocycles. The van der Waals surface area contributed by atoms with Crippen molar-refractivity contribution in [1.29, 1.82) is 0 Å². The second kappa shape index (κ2) is 5.21. The van der Waals surface area contributed by atoms with Crippen molar-refractivity contribution in [2.45, 2.75) is 40.0 Å². The summed E-state index contributed by atoms with van der Waals surface area (Å²) in [4.78, 5) is 10.4. The summed E-state index contributed by atoms with van der Waals surface area (Å²) in [5, 5.41) is 0. The molecule has 0 aliphatic carbocycles. The van der Waals surface area contributed by atoms with Gasteiger partial charge in [-0.2, -0.15) is 0 Å². The third-order valence-corrected chi connectivity index (χ3v) is 1.74. The van der Waals surface area contributed by atoms with Crippen LogP contribution in [-0.4, -0.2) is 6.29 Å². The molecule has 0 atom stereocenters. The molecule has 0 aromatic heterocycles. The van der Waals surface area contributed by atoms with Gasteiger partial charge in [0.05, 0.1) is 0 Å². The molecule has 0 aliphatic rings. The summed E-state index contributed by atoms with van der Waals surface area (Å²) in [7, 11) is 0. The molecular weight excluding hydrogens is 124 g/mol. The molecule has 0 saturated heterocycles. The molecule has 58 valence electrons. The van der Waals surface area contributed by atoms with Crippen LogP contribution in [0.3, 0.4) is 0 Å². The lowest BCUT2D eigenvalue weighted by Crippen LogP contribution is -1.88. The highest BCUT2D eigenvalue weighted by molar-refractivity contribution is 5.74. The van der Waals surface area contributed by atoms with Gasteiger partial charge < -0.3 is 0 Å². The molecule has 0 rings (SSSR count). The Balaban J connectivity index is 4.14. The van der Waals surface area contributed by atoms with Crippen molar-refractivity contribution in [2.24, 2.45) is 0 Å². The Morgan fingerprint density at radius 1 is 1.40 bits per heavy atom. The normalized spacial score (nSPS) is 12.7. The first-order valence-corrected chi connectivity index (χ1v) is 3.90. The molecular formula is C9H16O. The fraction of sp³-hybridized carbons (Fsp3) is 0.667. The minimum atomic E-state index is 0.934.